The van der Waals surface area contributed by atoms with E-state index in [-0.39, 0.29) is 5.91 Å². The smallest absolute Gasteiger partial charge is 0.244 e. The molecule has 146 valence electrons. The van der Waals surface area contributed by atoms with Crippen molar-refractivity contribution in [2.75, 3.05) is 32.7 Å². The molecule has 2 aliphatic heterocycles. The summed E-state index contributed by atoms with van der Waals surface area (Å²) in [5.41, 5.74) is 1.66. The lowest BCUT2D eigenvalue weighted by Gasteiger charge is -2.42. The number of carbonyl (C=O) groups excluding carboxylic acids is 1. The summed E-state index contributed by atoms with van der Waals surface area (Å²) in [7, 11) is 0. The Morgan fingerprint density at radius 2 is 1.96 bits per heavy atom. The standard InChI is InChI=1S/C22H32N4O/c1-21(2,3)15-24-11-6-9-22(16-24)10-12-25(17-22)20(27)14-26-19-8-5-4-7-18(19)13-23-26/h4-5,7-8,13H,6,9-12,14-17H2,1-3H3/t22-/m0/s1. The third-order valence-corrected chi connectivity index (χ3v) is 6.07. The minimum Gasteiger partial charge on any atom is -0.340 e. The van der Waals surface area contributed by atoms with Gasteiger partial charge in [-0.3, -0.25) is 9.48 Å². The molecule has 0 N–H and O–H groups in total. The van der Waals surface area contributed by atoms with Crippen molar-refractivity contribution in [3.05, 3.63) is 30.5 Å². The largest absolute Gasteiger partial charge is 0.340 e. The summed E-state index contributed by atoms with van der Waals surface area (Å²) in [6.45, 7) is 12.6. The third kappa shape index (κ3) is 4.03. The van der Waals surface area contributed by atoms with Gasteiger partial charge < -0.3 is 9.80 Å². The highest BCUT2D eigenvalue weighted by atomic mass is 16.2. The van der Waals surface area contributed by atoms with Gasteiger partial charge in [0.05, 0.1) is 11.7 Å². The molecule has 0 saturated carbocycles. The summed E-state index contributed by atoms with van der Waals surface area (Å²) < 4.78 is 1.84. The number of nitrogens with zero attached hydrogens (tertiary/aromatic N) is 4. The number of aromatic nitrogens is 2. The van der Waals surface area contributed by atoms with Crippen molar-refractivity contribution in [1.29, 1.82) is 0 Å². The van der Waals surface area contributed by atoms with Gasteiger partial charge in [-0.25, -0.2) is 0 Å². The molecule has 1 atom stereocenters. The molecule has 3 heterocycles. The van der Waals surface area contributed by atoms with Gasteiger partial charge in [0.15, 0.2) is 0 Å². The van der Waals surface area contributed by atoms with Crippen LogP contribution in [-0.2, 0) is 11.3 Å². The van der Waals surface area contributed by atoms with E-state index in [1.54, 1.807) is 0 Å². The Hall–Kier alpha value is -1.88. The molecule has 0 radical (unpaired) electrons. The van der Waals surface area contributed by atoms with Crippen molar-refractivity contribution in [1.82, 2.24) is 19.6 Å². The van der Waals surface area contributed by atoms with Crippen LogP contribution < -0.4 is 0 Å². The van der Waals surface area contributed by atoms with Gasteiger partial charge in [0.25, 0.3) is 0 Å². The van der Waals surface area contributed by atoms with Crippen LogP contribution in [0.3, 0.4) is 0 Å². The van der Waals surface area contributed by atoms with Crippen molar-refractivity contribution in [3.63, 3.8) is 0 Å². The molecule has 1 aromatic heterocycles. The van der Waals surface area contributed by atoms with Gasteiger partial charge in [0.1, 0.15) is 6.54 Å². The maximum atomic E-state index is 12.9. The molecule has 0 unspecified atom stereocenters. The van der Waals surface area contributed by atoms with Crippen LogP contribution >= 0.6 is 0 Å². The van der Waals surface area contributed by atoms with Crippen LogP contribution in [-0.4, -0.2) is 58.2 Å². The van der Waals surface area contributed by atoms with Gasteiger partial charge in [-0.2, -0.15) is 5.10 Å². The molecule has 1 aromatic carbocycles. The van der Waals surface area contributed by atoms with Gasteiger partial charge in [0.2, 0.25) is 5.91 Å². The van der Waals surface area contributed by atoms with Gasteiger partial charge in [-0.1, -0.05) is 39.0 Å². The van der Waals surface area contributed by atoms with Crippen molar-refractivity contribution in [3.8, 4) is 0 Å². The zero-order valence-electron chi connectivity index (χ0n) is 16.9. The highest BCUT2D eigenvalue weighted by Crippen LogP contribution is 2.39. The number of hydrogen-bond donors (Lipinski definition) is 0. The molecule has 5 nitrogen and oxygen atoms in total. The molecule has 2 fully saturated rings. The van der Waals surface area contributed by atoms with Crippen LogP contribution in [0.2, 0.25) is 0 Å². The lowest BCUT2D eigenvalue weighted by Crippen LogP contribution is -2.47. The fourth-order valence-electron chi connectivity index (χ4n) is 4.98. The first-order valence-corrected chi connectivity index (χ1v) is 10.2. The van der Waals surface area contributed by atoms with E-state index in [9.17, 15) is 4.79 Å². The Morgan fingerprint density at radius 3 is 2.78 bits per heavy atom. The Labute approximate surface area is 162 Å². The van der Waals surface area contributed by atoms with Crippen molar-refractivity contribution >= 4 is 16.8 Å². The van der Waals surface area contributed by atoms with E-state index in [4.69, 9.17) is 0 Å². The fourth-order valence-corrected chi connectivity index (χ4v) is 4.98. The molecular formula is C22H32N4O. The molecule has 2 saturated heterocycles. The van der Waals surface area contributed by atoms with E-state index in [1.165, 1.54) is 19.4 Å². The number of para-hydroxylation sites is 1. The number of benzene rings is 1. The van der Waals surface area contributed by atoms with Crippen LogP contribution in [0, 0.1) is 10.8 Å². The number of likely N-dealkylation sites (tertiary alicyclic amines) is 2. The van der Waals surface area contributed by atoms with Gasteiger partial charge in [0, 0.05) is 37.0 Å². The average Bonchev–Trinajstić information content (AvgIpc) is 3.19. The summed E-state index contributed by atoms with van der Waals surface area (Å²) in [6, 6.07) is 8.08. The molecule has 0 aliphatic carbocycles. The molecular weight excluding hydrogens is 336 g/mol. The molecule has 2 aliphatic rings. The van der Waals surface area contributed by atoms with Crippen molar-refractivity contribution in [2.45, 2.75) is 46.6 Å². The van der Waals surface area contributed by atoms with Gasteiger partial charge in [-0.05, 0) is 37.3 Å². The summed E-state index contributed by atoms with van der Waals surface area (Å²) in [5.74, 6) is 0.202. The number of rotatable bonds is 3. The number of fused-ring (bicyclic) bond motifs is 1. The molecule has 4 rings (SSSR count). The molecule has 1 amide bonds. The Bertz CT molecular complexity index is 821. The number of carbonyl (C=O) groups is 1. The highest BCUT2D eigenvalue weighted by molar-refractivity contribution is 5.82. The molecule has 2 aromatic rings. The first-order valence-electron chi connectivity index (χ1n) is 10.2. The predicted octanol–water partition coefficient (Wildman–Crippen LogP) is 3.40. The van der Waals surface area contributed by atoms with E-state index >= 15 is 0 Å². The summed E-state index contributed by atoms with van der Waals surface area (Å²) in [5, 5.41) is 5.52. The predicted molar refractivity (Wildman–Crippen MR) is 108 cm³/mol. The van der Waals surface area contributed by atoms with Crippen LogP contribution in [0.5, 0.6) is 0 Å². The number of amides is 1. The maximum absolute atomic E-state index is 12.9. The molecule has 27 heavy (non-hydrogen) atoms. The Morgan fingerprint density at radius 1 is 1.15 bits per heavy atom. The van der Waals surface area contributed by atoms with Crippen LogP contribution in [0.25, 0.3) is 10.9 Å². The maximum Gasteiger partial charge on any atom is 0.244 e. The van der Waals surface area contributed by atoms with Crippen LogP contribution in [0.1, 0.15) is 40.0 Å². The first kappa shape index (κ1) is 18.5. The van der Waals surface area contributed by atoms with E-state index in [2.05, 4.69) is 35.7 Å². The number of hydrogen-bond acceptors (Lipinski definition) is 3. The van der Waals surface area contributed by atoms with E-state index in [0.717, 1.165) is 43.5 Å². The summed E-state index contributed by atoms with van der Waals surface area (Å²) in [4.78, 5) is 17.6. The average molecular weight is 369 g/mol. The second-order valence-corrected chi connectivity index (χ2v) is 9.80. The van der Waals surface area contributed by atoms with E-state index in [1.807, 2.05) is 35.1 Å². The minimum absolute atomic E-state index is 0.202. The van der Waals surface area contributed by atoms with E-state index in [0.29, 0.717) is 17.4 Å². The zero-order chi connectivity index (χ0) is 19.1. The Kier molecular flexibility index (Phi) is 4.75. The minimum atomic E-state index is 0.202. The summed E-state index contributed by atoms with van der Waals surface area (Å²) in [6.07, 6.45) is 5.49. The molecule has 5 heteroatoms. The molecule has 1 spiro atoms. The van der Waals surface area contributed by atoms with Crippen molar-refractivity contribution < 1.29 is 4.79 Å². The van der Waals surface area contributed by atoms with Gasteiger partial charge in [-0.15, -0.1) is 0 Å². The van der Waals surface area contributed by atoms with Crippen LogP contribution in [0.15, 0.2) is 30.5 Å². The third-order valence-electron chi connectivity index (χ3n) is 6.07. The monoisotopic (exact) mass is 368 g/mol. The van der Waals surface area contributed by atoms with Crippen molar-refractivity contribution in [2.24, 2.45) is 10.8 Å². The number of piperidine rings is 1. The zero-order valence-corrected chi connectivity index (χ0v) is 16.9. The van der Waals surface area contributed by atoms with E-state index < -0.39 is 0 Å². The quantitative estimate of drug-likeness (QED) is 0.834. The summed E-state index contributed by atoms with van der Waals surface area (Å²) >= 11 is 0. The fraction of sp³-hybridized carbons (Fsp3) is 0.636. The lowest BCUT2D eigenvalue weighted by molar-refractivity contribution is -0.131. The second-order valence-electron chi connectivity index (χ2n) is 9.80. The second kappa shape index (κ2) is 6.93. The normalized spacial score (nSPS) is 24.2. The Balaban J connectivity index is 1.40. The highest BCUT2D eigenvalue weighted by Gasteiger charge is 2.43. The lowest BCUT2D eigenvalue weighted by atomic mass is 9.78. The SMILES string of the molecule is CC(C)(C)CN1CCC[C@]2(CCN(C(=O)Cn3ncc4ccccc43)C2)C1. The molecule has 0 bridgehead atoms. The van der Waals surface area contributed by atoms with Gasteiger partial charge >= 0.3 is 0 Å². The van der Waals surface area contributed by atoms with Crippen LogP contribution in [0.4, 0.5) is 0 Å². The topological polar surface area (TPSA) is 41.4 Å². The first-order chi connectivity index (χ1) is 12.8.